The molecular formula is C47H33N3O. The zero-order valence-electron chi connectivity index (χ0n) is 28.1. The molecule has 0 aromatic heterocycles. The Bertz CT molecular complexity index is 2490. The molecule has 0 N–H and O–H groups in total. The lowest BCUT2D eigenvalue weighted by Gasteiger charge is -2.39. The van der Waals surface area contributed by atoms with Crippen LogP contribution in [0.4, 0.5) is 0 Å². The second-order valence-corrected chi connectivity index (χ2v) is 13.4. The smallest absolute Gasteiger partial charge is 0.159 e. The summed E-state index contributed by atoms with van der Waals surface area (Å²) in [6, 6.07) is 62.3. The van der Waals surface area contributed by atoms with Gasteiger partial charge in [0.05, 0.1) is 5.41 Å². The number of hydrogen-bond donors (Lipinski definition) is 0. The van der Waals surface area contributed by atoms with Crippen molar-refractivity contribution in [2.75, 3.05) is 7.05 Å². The fraction of sp³-hybridized carbons (Fsp3) is 0.0638. The van der Waals surface area contributed by atoms with E-state index < -0.39 is 5.41 Å². The van der Waals surface area contributed by atoms with Gasteiger partial charge in [-0.25, -0.2) is 9.98 Å². The zero-order chi connectivity index (χ0) is 33.9. The summed E-state index contributed by atoms with van der Waals surface area (Å²) in [5.41, 5.74) is 12.2. The lowest BCUT2D eigenvalue weighted by atomic mass is 9.66. The van der Waals surface area contributed by atoms with Crippen LogP contribution in [0.15, 0.2) is 186 Å². The van der Waals surface area contributed by atoms with E-state index in [1.54, 1.807) is 0 Å². The highest BCUT2D eigenvalue weighted by Gasteiger charge is 2.51. The number of ether oxygens (including phenoxy) is 1. The van der Waals surface area contributed by atoms with E-state index in [9.17, 15) is 0 Å². The fourth-order valence-corrected chi connectivity index (χ4v) is 8.32. The van der Waals surface area contributed by atoms with Gasteiger partial charge in [-0.1, -0.05) is 152 Å². The van der Waals surface area contributed by atoms with Crippen molar-refractivity contribution in [3.63, 3.8) is 0 Å². The number of rotatable bonds is 4. The maximum atomic E-state index is 6.68. The van der Waals surface area contributed by atoms with Crippen LogP contribution in [0.2, 0.25) is 0 Å². The van der Waals surface area contributed by atoms with Crippen molar-refractivity contribution in [2.24, 2.45) is 9.98 Å². The molecule has 51 heavy (non-hydrogen) atoms. The first-order valence-corrected chi connectivity index (χ1v) is 17.4. The number of hydrogen-bond acceptors (Lipinski definition) is 4. The van der Waals surface area contributed by atoms with Crippen LogP contribution in [0.25, 0.3) is 22.3 Å². The highest BCUT2D eigenvalue weighted by molar-refractivity contribution is 6.13. The Labute approximate surface area is 297 Å². The third-order valence-electron chi connectivity index (χ3n) is 10.6. The van der Waals surface area contributed by atoms with Gasteiger partial charge in [-0.3, -0.25) is 0 Å². The predicted molar refractivity (Wildman–Crippen MR) is 206 cm³/mol. The molecule has 4 heteroatoms. The minimum Gasteiger partial charge on any atom is -0.457 e. The molecule has 0 amide bonds. The Balaban J connectivity index is 1.14. The molecule has 7 aromatic rings. The molecule has 1 spiro atoms. The molecule has 3 aliphatic rings. The van der Waals surface area contributed by atoms with Gasteiger partial charge in [-0.2, -0.15) is 0 Å². The van der Waals surface area contributed by atoms with Gasteiger partial charge in [0.25, 0.3) is 0 Å². The van der Waals surface area contributed by atoms with Crippen LogP contribution in [0.5, 0.6) is 11.5 Å². The molecule has 7 aromatic carbocycles. The first-order chi connectivity index (χ1) is 25.2. The van der Waals surface area contributed by atoms with Crippen molar-refractivity contribution in [1.82, 2.24) is 4.90 Å². The normalized spacial score (nSPS) is 16.3. The molecule has 1 atom stereocenters. The van der Waals surface area contributed by atoms with Crippen LogP contribution < -0.4 is 4.74 Å². The van der Waals surface area contributed by atoms with E-state index in [1.807, 2.05) is 12.1 Å². The zero-order valence-corrected chi connectivity index (χ0v) is 28.1. The summed E-state index contributed by atoms with van der Waals surface area (Å²) in [6.07, 6.45) is -0.208. The molecule has 0 radical (unpaired) electrons. The van der Waals surface area contributed by atoms with Crippen molar-refractivity contribution in [1.29, 1.82) is 0 Å². The van der Waals surface area contributed by atoms with Gasteiger partial charge in [0.1, 0.15) is 23.5 Å². The Morgan fingerprint density at radius 1 is 0.490 bits per heavy atom. The second-order valence-electron chi connectivity index (χ2n) is 13.4. The van der Waals surface area contributed by atoms with E-state index in [4.69, 9.17) is 14.7 Å². The van der Waals surface area contributed by atoms with Gasteiger partial charge in [0.2, 0.25) is 0 Å². The summed E-state index contributed by atoms with van der Waals surface area (Å²) in [5, 5.41) is 0. The predicted octanol–water partition coefficient (Wildman–Crippen LogP) is 10.7. The lowest BCUT2D eigenvalue weighted by molar-refractivity contribution is 0.383. The first kappa shape index (κ1) is 29.4. The summed E-state index contributed by atoms with van der Waals surface area (Å²) in [6.45, 7) is 0. The Morgan fingerprint density at radius 2 is 1.06 bits per heavy atom. The minimum absolute atomic E-state index is 0.208. The molecule has 0 bridgehead atoms. The molecule has 0 saturated carbocycles. The number of para-hydroxylation sites is 1. The highest BCUT2D eigenvalue weighted by atomic mass is 16.5. The summed E-state index contributed by atoms with van der Waals surface area (Å²) >= 11 is 0. The summed E-state index contributed by atoms with van der Waals surface area (Å²) < 4.78 is 6.68. The average molecular weight is 656 g/mol. The van der Waals surface area contributed by atoms with Crippen molar-refractivity contribution in [3.05, 3.63) is 215 Å². The van der Waals surface area contributed by atoms with Gasteiger partial charge in [0.15, 0.2) is 5.84 Å². The molecule has 2 heterocycles. The highest BCUT2D eigenvalue weighted by Crippen LogP contribution is 2.62. The number of nitrogens with zero attached hydrogens (tertiary/aromatic N) is 3. The van der Waals surface area contributed by atoms with Gasteiger partial charge in [0, 0.05) is 29.3 Å². The van der Waals surface area contributed by atoms with Crippen molar-refractivity contribution < 1.29 is 4.74 Å². The Hall–Kier alpha value is -6.52. The maximum Gasteiger partial charge on any atom is 0.159 e. The lowest BCUT2D eigenvalue weighted by Crippen LogP contribution is -2.35. The van der Waals surface area contributed by atoms with Gasteiger partial charge in [-0.15, -0.1) is 0 Å². The largest absolute Gasteiger partial charge is 0.457 e. The van der Waals surface area contributed by atoms with Crippen LogP contribution in [0.3, 0.4) is 0 Å². The number of benzene rings is 7. The minimum atomic E-state index is -0.513. The first-order valence-electron chi connectivity index (χ1n) is 17.4. The van der Waals surface area contributed by atoms with E-state index in [2.05, 4.69) is 176 Å². The Morgan fingerprint density at radius 3 is 1.80 bits per heavy atom. The van der Waals surface area contributed by atoms with Crippen LogP contribution in [0.1, 0.15) is 45.1 Å². The molecule has 0 fully saturated rings. The molecule has 242 valence electrons. The third-order valence-corrected chi connectivity index (χ3v) is 10.6. The number of aliphatic imine (C=N–C) groups is 2. The molecule has 4 nitrogen and oxygen atoms in total. The Kier molecular flexibility index (Phi) is 6.65. The third kappa shape index (κ3) is 4.46. The summed E-state index contributed by atoms with van der Waals surface area (Å²) in [4.78, 5) is 12.6. The van der Waals surface area contributed by atoms with Gasteiger partial charge >= 0.3 is 0 Å². The average Bonchev–Trinajstić information content (AvgIpc) is 3.49. The number of fused-ring (bicyclic) bond motifs is 9. The van der Waals surface area contributed by atoms with E-state index in [0.29, 0.717) is 5.84 Å². The van der Waals surface area contributed by atoms with E-state index in [1.165, 1.54) is 22.3 Å². The molecule has 10 rings (SSSR count). The molecule has 1 aliphatic carbocycles. The van der Waals surface area contributed by atoms with E-state index in [0.717, 1.165) is 56.3 Å². The monoisotopic (exact) mass is 655 g/mol. The topological polar surface area (TPSA) is 37.2 Å². The quantitative estimate of drug-likeness (QED) is 0.189. The van der Waals surface area contributed by atoms with Crippen LogP contribution >= 0.6 is 0 Å². The van der Waals surface area contributed by atoms with Gasteiger partial charge in [-0.05, 0) is 63.2 Å². The van der Waals surface area contributed by atoms with Crippen LogP contribution in [-0.2, 0) is 5.41 Å². The second kappa shape index (κ2) is 11.5. The number of amidine groups is 2. The SMILES string of the molecule is CN1C(c2ccccc2)=NC(c2cccc(-c3ccc4c(c3)C3(c5ccccc5O4)c4ccccc4-c4ccccc43)c2)=NC1c1ccccc1. The molecule has 1 unspecified atom stereocenters. The maximum absolute atomic E-state index is 6.68. The summed E-state index contributed by atoms with van der Waals surface area (Å²) in [5.74, 6) is 3.38. The van der Waals surface area contributed by atoms with Gasteiger partial charge < -0.3 is 9.64 Å². The van der Waals surface area contributed by atoms with Crippen LogP contribution in [-0.4, -0.2) is 23.6 Å². The summed E-state index contributed by atoms with van der Waals surface area (Å²) in [7, 11) is 2.07. The van der Waals surface area contributed by atoms with Crippen molar-refractivity contribution in [2.45, 2.75) is 11.6 Å². The standard InChI is InChI=1S/C47H33N3O/c1-50-45(31-15-4-2-5-16-31)48-44(49-46(50)32-17-6-3-7-18-32)35-20-14-19-33(29-35)34-27-28-43-41(30-34)47(40-25-12-13-26-42(40)51-43)38-23-10-8-21-36(38)37-22-9-11-24-39(37)47/h2-30,45H,1H3. The molecular weight excluding hydrogens is 623 g/mol. The van der Waals surface area contributed by atoms with Crippen LogP contribution in [0, 0.1) is 0 Å². The van der Waals surface area contributed by atoms with E-state index in [-0.39, 0.29) is 6.17 Å². The van der Waals surface area contributed by atoms with Crippen molar-refractivity contribution in [3.8, 4) is 33.8 Å². The van der Waals surface area contributed by atoms with E-state index >= 15 is 0 Å². The van der Waals surface area contributed by atoms with Crippen molar-refractivity contribution >= 4 is 11.7 Å². The molecule has 2 aliphatic heterocycles. The fourth-order valence-electron chi connectivity index (χ4n) is 8.32. The molecule has 0 saturated heterocycles.